The molecular weight excluding hydrogens is 116 g/mol. The molecular formula is C5H6N4. The van der Waals surface area contributed by atoms with Gasteiger partial charge in [-0.25, -0.2) is 10.0 Å². The lowest BCUT2D eigenvalue weighted by Gasteiger charge is -2.23. The third kappa shape index (κ3) is 0.561. The molecule has 0 aromatic heterocycles. The highest BCUT2D eigenvalue weighted by Gasteiger charge is 2.09. The van der Waals surface area contributed by atoms with Crippen molar-refractivity contribution in [3.05, 3.63) is 24.8 Å². The predicted molar refractivity (Wildman–Crippen MR) is 33.6 cm³/mol. The molecule has 0 saturated heterocycles. The Hall–Kier alpha value is -1.45. The average molecular weight is 122 g/mol. The third-order valence-corrected chi connectivity index (χ3v) is 1.16. The first-order valence-electron chi connectivity index (χ1n) is 2.67. The van der Waals surface area contributed by atoms with Crippen LogP contribution < -0.4 is 5.43 Å². The molecule has 4 heteroatoms. The van der Waals surface area contributed by atoms with Crippen LogP contribution in [0.5, 0.6) is 0 Å². The SMILES string of the molecule is C1=CN2C=CNN2C=N1. The minimum absolute atomic E-state index is 1.69. The topological polar surface area (TPSA) is 30.9 Å². The summed E-state index contributed by atoms with van der Waals surface area (Å²) in [5.41, 5.74) is 2.94. The van der Waals surface area contributed by atoms with Crippen LogP contribution in [0.1, 0.15) is 0 Å². The van der Waals surface area contributed by atoms with E-state index in [1.165, 1.54) is 0 Å². The predicted octanol–water partition coefficient (Wildman–Crippen LogP) is 0.00790. The average Bonchev–Trinajstić information content (AvgIpc) is 2.33. The van der Waals surface area contributed by atoms with Crippen molar-refractivity contribution in [2.75, 3.05) is 0 Å². The minimum atomic E-state index is 1.69. The van der Waals surface area contributed by atoms with Gasteiger partial charge < -0.3 is 0 Å². The van der Waals surface area contributed by atoms with Gasteiger partial charge in [-0.1, -0.05) is 0 Å². The van der Waals surface area contributed by atoms with Crippen molar-refractivity contribution >= 4 is 6.34 Å². The van der Waals surface area contributed by atoms with E-state index >= 15 is 0 Å². The summed E-state index contributed by atoms with van der Waals surface area (Å²) >= 11 is 0. The van der Waals surface area contributed by atoms with E-state index in [0.29, 0.717) is 0 Å². The minimum Gasteiger partial charge on any atom is -0.284 e. The fraction of sp³-hybridized carbons (Fsp3) is 0. The Bertz CT molecular complexity index is 193. The number of aliphatic imine (C=N–C) groups is 1. The van der Waals surface area contributed by atoms with Crippen molar-refractivity contribution < 1.29 is 0 Å². The Morgan fingerprint density at radius 2 is 2.33 bits per heavy atom. The zero-order chi connectivity index (χ0) is 6.10. The molecule has 0 bridgehead atoms. The maximum Gasteiger partial charge on any atom is 0.134 e. The highest BCUT2D eigenvalue weighted by Crippen LogP contribution is 2.04. The first-order chi connectivity index (χ1) is 4.47. The molecule has 2 rings (SSSR count). The van der Waals surface area contributed by atoms with Gasteiger partial charge in [-0.15, -0.1) is 0 Å². The van der Waals surface area contributed by atoms with Crippen molar-refractivity contribution in [2.45, 2.75) is 0 Å². The lowest BCUT2D eigenvalue weighted by molar-refractivity contribution is 0.154. The summed E-state index contributed by atoms with van der Waals surface area (Å²) in [6, 6.07) is 0. The van der Waals surface area contributed by atoms with Crippen LogP contribution in [-0.4, -0.2) is 16.5 Å². The van der Waals surface area contributed by atoms with Gasteiger partial charge in [-0.05, 0) is 0 Å². The number of rotatable bonds is 0. The highest BCUT2D eigenvalue weighted by molar-refractivity contribution is 5.56. The van der Waals surface area contributed by atoms with Gasteiger partial charge in [0, 0.05) is 24.8 Å². The summed E-state index contributed by atoms with van der Waals surface area (Å²) in [5, 5.41) is 3.65. The van der Waals surface area contributed by atoms with E-state index in [4.69, 9.17) is 0 Å². The molecule has 2 heterocycles. The van der Waals surface area contributed by atoms with E-state index < -0.39 is 0 Å². The standard InChI is InChI=1S/C5H6N4/c1-3-8-4-2-7-9(8)5-6-1/h1-5,7H. The lowest BCUT2D eigenvalue weighted by Crippen LogP contribution is -2.38. The van der Waals surface area contributed by atoms with E-state index in [2.05, 4.69) is 10.4 Å². The van der Waals surface area contributed by atoms with Gasteiger partial charge >= 0.3 is 0 Å². The molecule has 0 aliphatic carbocycles. The Labute approximate surface area is 52.7 Å². The molecule has 4 nitrogen and oxygen atoms in total. The Morgan fingerprint density at radius 1 is 1.33 bits per heavy atom. The molecule has 0 radical (unpaired) electrons. The van der Waals surface area contributed by atoms with Crippen LogP contribution in [0.2, 0.25) is 0 Å². The third-order valence-electron chi connectivity index (χ3n) is 1.16. The molecule has 2 aliphatic rings. The van der Waals surface area contributed by atoms with E-state index in [9.17, 15) is 0 Å². The molecule has 0 aromatic rings. The smallest absolute Gasteiger partial charge is 0.134 e. The summed E-state index contributed by atoms with van der Waals surface area (Å²) < 4.78 is 0. The zero-order valence-corrected chi connectivity index (χ0v) is 4.73. The van der Waals surface area contributed by atoms with E-state index in [1.807, 2.05) is 23.6 Å². The lowest BCUT2D eigenvalue weighted by atomic mass is 10.8. The van der Waals surface area contributed by atoms with E-state index in [1.54, 1.807) is 17.7 Å². The van der Waals surface area contributed by atoms with Crippen molar-refractivity contribution in [1.82, 2.24) is 15.6 Å². The first-order valence-corrected chi connectivity index (χ1v) is 2.67. The number of nitrogens with zero attached hydrogens (tertiary/aromatic N) is 3. The van der Waals surface area contributed by atoms with Gasteiger partial charge in [0.15, 0.2) is 0 Å². The van der Waals surface area contributed by atoms with Crippen LogP contribution >= 0.6 is 0 Å². The fourth-order valence-corrected chi connectivity index (χ4v) is 0.747. The summed E-state index contributed by atoms with van der Waals surface area (Å²) in [7, 11) is 0. The molecule has 0 atom stereocenters. The fourth-order valence-electron chi connectivity index (χ4n) is 0.747. The molecule has 46 valence electrons. The van der Waals surface area contributed by atoms with Crippen molar-refractivity contribution in [2.24, 2.45) is 4.99 Å². The number of nitrogens with one attached hydrogen (secondary N) is 1. The first kappa shape index (κ1) is 4.43. The van der Waals surface area contributed by atoms with Crippen LogP contribution in [0.3, 0.4) is 0 Å². The van der Waals surface area contributed by atoms with Crippen LogP contribution in [0.4, 0.5) is 0 Å². The van der Waals surface area contributed by atoms with Crippen LogP contribution in [0.25, 0.3) is 0 Å². The second kappa shape index (κ2) is 1.51. The number of hydrogen-bond donors (Lipinski definition) is 1. The van der Waals surface area contributed by atoms with Gasteiger partial charge in [0.2, 0.25) is 0 Å². The molecule has 0 aromatic carbocycles. The number of hydrogen-bond acceptors (Lipinski definition) is 4. The highest BCUT2D eigenvalue weighted by atomic mass is 15.8. The molecule has 0 spiro atoms. The van der Waals surface area contributed by atoms with Gasteiger partial charge in [-0.3, -0.25) is 5.43 Å². The number of hydrazine groups is 2. The second-order valence-electron chi connectivity index (χ2n) is 1.73. The van der Waals surface area contributed by atoms with Crippen molar-refractivity contribution in [1.29, 1.82) is 0 Å². The summed E-state index contributed by atoms with van der Waals surface area (Å²) in [6.45, 7) is 0. The normalized spacial score (nSPS) is 20.4. The van der Waals surface area contributed by atoms with Crippen molar-refractivity contribution in [3.63, 3.8) is 0 Å². The second-order valence-corrected chi connectivity index (χ2v) is 1.73. The number of fused-ring (bicyclic) bond motifs is 1. The Kier molecular flexibility index (Phi) is 0.745. The molecule has 1 N–H and O–H groups in total. The van der Waals surface area contributed by atoms with Crippen LogP contribution in [0, 0.1) is 0 Å². The van der Waals surface area contributed by atoms with E-state index in [0.717, 1.165) is 0 Å². The van der Waals surface area contributed by atoms with Gasteiger partial charge in [0.25, 0.3) is 0 Å². The quantitative estimate of drug-likeness (QED) is 0.491. The van der Waals surface area contributed by atoms with Crippen LogP contribution in [0.15, 0.2) is 29.8 Å². The molecule has 9 heavy (non-hydrogen) atoms. The largest absolute Gasteiger partial charge is 0.284 e. The van der Waals surface area contributed by atoms with Gasteiger partial charge in [0.1, 0.15) is 6.34 Å². The van der Waals surface area contributed by atoms with E-state index in [-0.39, 0.29) is 0 Å². The molecule has 2 aliphatic heterocycles. The maximum atomic E-state index is 3.90. The maximum absolute atomic E-state index is 3.90. The van der Waals surface area contributed by atoms with Gasteiger partial charge in [0.05, 0.1) is 0 Å². The Morgan fingerprint density at radius 3 is 3.22 bits per heavy atom. The zero-order valence-electron chi connectivity index (χ0n) is 4.73. The molecule has 0 fully saturated rings. The van der Waals surface area contributed by atoms with Crippen molar-refractivity contribution in [3.8, 4) is 0 Å². The summed E-state index contributed by atoms with van der Waals surface area (Å²) in [4.78, 5) is 3.90. The van der Waals surface area contributed by atoms with Gasteiger partial charge in [-0.2, -0.15) is 5.12 Å². The van der Waals surface area contributed by atoms with Crippen LogP contribution in [-0.2, 0) is 0 Å². The Balaban J connectivity index is 2.25. The summed E-state index contributed by atoms with van der Waals surface area (Å²) in [6.07, 6.45) is 9.02. The monoisotopic (exact) mass is 122 g/mol. The molecule has 0 unspecified atom stereocenters. The molecule has 0 saturated carbocycles. The summed E-state index contributed by atoms with van der Waals surface area (Å²) in [5.74, 6) is 0. The molecule has 0 amide bonds.